The van der Waals surface area contributed by atoms with Gasteiger partial charge in [0.15, 0.2) is 0 Å². The maximum Gasteiger partial charge on any atom is 0.317 e. The number of aromatic nitrogens is 2. The Morgan fingerprint density at radius 1 is 1.41 bits per heavy atom. The van der Waals surface area contributed by atoms with Crippen molar-refractivity contribution in [1.82, 2.24) is 14.9 Å². The molecule has 1 fully saturated rings. The van der Waals surface area contributed by atoms with Gasteiger partial charge in [0.05, 0.1) is 6.54 Å². The second kappa shape index (κ2) is 7.56. The molecule has 122 valence electrons. The number of carbonyl (C=O) groups is 1. The summed E-state index contributed by atoms with van der Waals surface area (Å²) < 4.78 is 5.91. The Morgan fingerprint density at radius 2 is 2.09 bits per heavy atom. The molecule has 0 bridgehead atoms. The van der Waals surface area contributed by atoms with Gasteiger partial charge in [-0.15, -0.1) is 0 Å². The summed E-state index contributed by atoms with van der Waals surface area (Å²) in [5.74, 6) is 0.681. The highest BCUT2D eigenvalue weighted by atomic mass is 16.5. The van der Waals surface area contributed by atoms with Gasteiger partial charge in [0.25, 0.3) is 0 Å². The summed E-state index contributed by atoms with van der Waals surface area (Å²) in [6.45, 7) is 9.60. The largest absolute Gasteiger partial charge is 0.458 e. The average Bonchev–Trinajstić information content (AvgIpc) is 2.46. The molecule has 0 spiro atoms. The zero-order valence-electron chi connectivity index (χ0n) is 14.1. The molecule has 2 rings (SSSR count). The van der Waals surface area contributed by atoms with Gasteiger partial charge in [-0.2, -0.15) is 0 Å². The summed E-state index contributed by atoms with van der Waals surface area (Å²) in [7, 11) is 0. The maximum absolute atomic E-state index is 12.3. The van der Waals surface area contributed by atoms with E-state index < -0.39 is 0 Å². The molecule has 22 heavy (non-hydrogen) atoms. The van der Waals surface area contributed by atoms with Crippen LogP contribution in [-0.2, 0) is 4.79 Å². The number of piperidine rings is 1. The number of carbonyl (C=O) groups excluding carboxylic acids is 1. The molecular weight excluding hydrogens is 278 g/mol. The molecule has 2 atom stereocenters. The van der Waals surface area contributed by atoms with Gasteiger partial charge in [-0.3, -0.25) is 4.79 Å². The van der Waals surface area contributed by atoms with Crippen LogP contribution in [0.2, 0.25) is 0 Å². The number of rotatable bonds is 5. The number of hydrogen-bond donors (Lipinski definition) is 0. The van der Waals surface area contributed by atoms with Crippen molar-refractivity contribution in [3.63, 3.8) is 0 Å². The number of nitrogens with zero attached hydrogens (tertiary/aromatic N) is 3. The van der Waals surface area contributed by atoms with Crippen LogP contribution in [0.4, 0.5) is 0 Å². The lowest BCUT2D eigenvalue weighted by atomic mass is 10.0. The molecular formula is C17H27N3O2. The fourth-order valence-electron chi connectivity index (χ4n) is 2.73. The summed E-state index contributed by atoms with van der Waals surface area (Å²) in [5.41, 5.74) is 1.81. The van der Waals surface area contributed by atoms with Crippen molar-refractivity contribution in [3.8, 4) is 6.01 Å². The fraction of sp³-hybridized carbons (Fsp3) is 0.706. The van der Waals surface area contributed by atoms with Crippen LogP contribution in [0.25, 0.3) is 0 Å². The van der Waals surface area contributed by atoms with Crippen LogP contribution in [0.5, 0.6) is 6.01 Å². The van der Waals surface area contributed by atoms with Gasteiger partial charge < -0.3 is 9.64 Å². The van der Waals surface area contributed by atoms with E-state index in [1.54, 1.807) is 0 Å². The highest BCUT2D eigenvalue weighted by Crippen LogP contribution is 2.18. The minimum atomic E-state index is -0.00386. The third-order valence-corrected chi connectivity index (χ3v) is 4.18. The molecule has 2 unspecified atom stereocenters. The fourth-order valence-corrected chi connectivity index (χ4v) is 2.73. The zero-order chi connectivity index (χ0) is 16.1. The monoisotopic (exact) mass is 305 g/mol. The average molecular weight is 305 g/mol. The lowest BCUT2D eigenvalue weighted by Gasteiger charge is -2.33. The standard InChI is InChI=1S/C17H27N3O2/c1-5-12(2)9-16(21)20-8-6-7-15(11-20)22-17-18-13(3)10-14(4)19-17/h10,12,15H,5-9,11H2,1-4H3. The first-order valence-electron chi connectivity index (χ1n) is 8.24. The molecule has 0 saturated carbocycles. The van der Waals surface area contributed by atoms with E-state index in [1.165, 1.54) is 0 Å². The smallest absolute Gasteiger partial charge is 0.317 e. The molecule has 5 heteroatoms. The van der Waals surface area contributed by atoms with Crippen molar-refractivity contribution >= 4 is 5.91 Å². The van der Waals surface area contributed by atoms with Crippen molar-refractivity contribution in [2.24, 2.45) is 5.92 Å². The highest BCUT2D eigenvalue weighted by Gasteiger charge is 2.26. The van der Waals surface area contributed by atoms with Crippen LogP contribution in [-0.4, -0.2) is 40.0 Å². The molecule has 0 N–H and O–H groups in total. The zero-order valence-corrected chi connectivity index (χ0v) is 14.1. The summed E-state index contributed by atoms with van der Waals surface area (Å²) in [6.07, 6.45) is 3.58. The molecule has 5 nitrogen and oxygen atoms in total. The van der Waals surface area contributed by atoms with Gasteiger partial charge >= 0.3 is 6.01 Å². The number of aryl methyl sites for hydroxylation is 2. The van der Waals surface area contributed by atoms with Crippen molar-refractivity contribution in [1.29, 1.82) is 0 Å². The summed E-state index contributed by atoms with van der Waals surface area (Å²) in [6, 6.07) is 2.36. The van der Waals surface area contributed by atoms with E-state index in [2.05, 4.69) is 23.8 Å². The number of hydrogen-bond acceptors (Lipinski definition) is 4. The van der Waals surface area contributed by atoms with Gasteiger partial charge in [0.1, 0.15) is 6.10 Å². The second-order valence-corrected chi connectivity index (χ2v) is 6.37. The summed E-state index contributed by atoms with van der Waals surface area (Å²) in [5, 5.41) is 0. The summed E-state index contributed by atoms with van der Waals surface area (Å²) >= 11 is 0. The Kier molecular flexibility index (Phi) is 5.75. The number of amides is 1. The van der Waals surface area contributed by atoms with Crippen molar-refractivity contribution in [2.75, 3.05) is 13.1 Å². The van der Waals surface area contributed by atoms with Gasteiger partial charge in [-0.25, -0.2) is 9.97 Å². The predicted octanol–water partition coefficient (Wildman–Crippen LogP) is 2.90. The third kappa shape index (κ3) is 4.68. The normalized spacial score (nSPS) is 19.8. The second-order valence-electron chi connectivity index (χ2n) is 6.37. The molecule has 1 aliphatic rings. The van der Waals surface area contributed by atoms with Gasteiger partial charge in [-0.1, -0.05) is 20.3 Å². The van der Waals surface area contributed by atoms with Gasteiger partial charge in [0.2, 0.25) is 5.91 Å². The lowest BCUT2D eigenvalue weighted by molar-refractivity contribution is -0.134. The molecule has 0 aliphatic carbocycles. The minimum absolute atomic E-state index is 0.00386. The number of likely N-dealkylation sites (tertiary alicyclic amines) is 1. The van der Waals surface area contributed by atoms with Crippen LogP contribution >= 0.6 is 0 Å². The molecule has 1 aliphatic heterocycles. The van der Waals surface area contributed by atoms with E-state index in [1.807, 2.05) is 24.8 Å². The van der Waals surface area contributed by atoms with E-state index in [-0.39, 0.29) is 12.0 Å². The SMILES string of the molecule is CCC(C)CC(=O)N1CCCC(Oc2nc(C)cc(C)n2)C1. The van der Waals surface area contributed by atoms with E-state index >= 15 is 0 Å². The Balaban J connectivity index is 1.94. The summed E-state index contributed by atoms with van der Waals surface area (Å²) in [4.78, 5) is 22.9. The first-order chi connectivity index (χ1) is 10.5. The lowest BCUT2D eigenvalue weighted by Crippen LogP contribution is -2.44. The van der Waals surface area contributed by atoms with Crippen LogP contribution < -0.4 is 4.74 Å². The first-order valence-corrected chi connectivity index (χ1v) is 8.24. The molecule has 1 aromatic heterocycles. The molecule has 1 amide bonds. The van der Waals surface area contributed by atoms with Crippen LogP contribution in [0, 0.1) is 19.8 Å². The van der Waals surface area contributed by atoms with Crippen LogP contribution in [0.15, 0.2) is 6.07 Å². The van der Waals surface area contributed by atoms with E-state index in [0.29, 0.717) is 24.9 Å². The van der Waals surface area contributed by atoms with Crippen molar-refractivity contribution in [2.45, 2.75) is 59.5 Å². The van der Waals surface area contributed by atoms with Gasteiger partial charge in [0, 0.05) is 24.4 Å². The Labute approximate surface area is 133 Å². The Hall–Kier alpha value is -1.65. The third-order valence-electron chi connectivity index (χ3n) is 4.18. The Bertz CT molecular complexity index is 498. The first kappa shape index (κ1) is 16.7. The van der Waals surface area contributed by atoms with Crippen LogP contribution in [0.3, 0.4) is 0 Å². The van der Waals surface area contributed by atoms with Gasteiger partial charge in [-0.05, 0) is 38.7 Å². The molecule has 1 saturated heterocycles. The topological polar surface area (TPSA) is 55.3 Å². The Morgan fingerprint density at radius 3 is 2.73 bits per heavy atom. The maximum atomic E-state index is 12.3. The number of ether oxygens (including phenoxy) is 1. The molecule has 1 aromatic rings. The molecule has 2 heterocycles. The van der Waals surface area contributed by atoms with Crippen LogP contribution in [0.1, 0.15) is 50.9 Å². The van der Waals surface area contributed by atoms with Crippen molar-refractivity contribution < 1.29 is 9.53 Å². The van der Waals surface area contributed by atoms with Crippen molar-refractivity contribution in [3.05, 3.63) is 17.5 Å². The predicted molar refractivity (Wildman–Crippen MR) is 85.8 cm³/mol. The van der Waals surface area contributed by atoms with E-state index in [4.69, 9.17) is 4.74 Å². The van der Waals surface area contributed by atoms with E-state index in [9.17, 15) is 4.79 Å². The van der Waals surface area contributed by atoms with E-state index in [0.717, 1.165) is 37.2 Å². The molecule has 0 radical (unpaired) electrons. The quantitative estimate of drug-likeness (QED) is 0.839. The molecule has 0 aromatic carbocycles. The minimum Gasteiger partial charge on any atom is -0.458 e. The highest BCUT2D eigenvalue weighted by molar-refractivity contribution is 5.76.